The molecule has 5 heteroatoms. The number of rotatable bonds is 7. The minimum absolute atomic E-state index is 0.239. The lowest BCUT2D eigenvalue weighted by Gasteiger charge is -2.22. The van der Waals surface area contributed by atoms with Crippen molar-refractivity contribution in [1.29, 1.82) is 0 Å². The number of carbonyl (C=O) groups excluding carboxylic acids is 2. The van der Waals surface area contributed by atoms with Crippen LogP contribution in [0.3, 0.4) is 0 Å². The summed E-state index contributed by atoms with van der Waals surface area (Å²) in [5.41, 5.74) is 6.19. The Hall–Kier alpha value is -1.78. The Kier molecular flexibility index (Phi) is 6.68. The van der Waals surface area contributed by atoms with Crippen molar-refractivity contribution < 1.29 is 14.3 Å². The number of aromatic nitrogens is 1. The number of aryl methyl sites for hydroxylation is 1. The molecule has 0 saturated heterocycles. The van der Waals surface area contributed by atoms with Crippen LogP contribution in [0.4, 0.5) is 0 Å². The molecule has 0 spiro atoms. The fraction of sp³-hybridized carbons (Fsp3) is 0.700. The van der Waals surface area contributed by atoms with Gasteiger partial charge >= 0.3 is 5.97 Å². The molecule has 2 rings (SSSR count). The summed E-state index contributed by atoms with van der Waals surface area (Å²) in [5.74, 6) is 0.0867. The minimum Gasteiger partial charge on any atom is -0.456 e. The summed E-state index contributed by atoms with van der Waals surface area (Å²) < 4.78 is 7.62. The Morgan fingerprint density at radius 2 is 1.92 bits per heavy atom. The number of ether oxygens (including phenoxy) is 1. The molecule has 0 unspecified atom stereocenters. The molecule has 1 fully saturated rings. The minimum atomic E-state index is -0.539. The average molecular weight is 348 g/mol. The van der Waals surface area contributed by atoms with Gasteiger partial charge in [0.05, 0.1) is 5.56 Å². The lowest BCUT2D eigenvalue weighted by atomic mass is 9.87. The Morgan fingerprint density at radius 1 is 1.24 bits per heavy atom. The maximum absolute atomic E-state index is 12.5. The van der Waals surface area contributed by atoms with E-state index < -0.39 is 5.60 Å². The first-order chi connectivity index (χ1) is 11.8. The summed E-state index contributed by atoms with van der Waals surface area (Å²) in [5, 5.41) is 0. The van der Waals surface area contributed by atoms with Crippen LogP contribution in [0, 0.1) is 5.92 Å². The molecule has 1 saturated carbocycles. The van der Waals surface area contributed by atoms with Crippen LogP contribution in [0.5, 0.6) is 0 Å². The monoisotopic (exact) mass is 348 g/mol. The molecule has 5 nitrogen and oxygen atoms in total. The van der Waals surface area contributed by atoms with Crippen molar-refractivity contribution in [2.45, 2.75) is 84.3 Å². The van der Waals surface area contributed by atoms with Gasteiger partial charge in [0, 0.05) is 24.9 Å². The molecule has 1 amide bonds. The molecular weight excluding hydrogens is 316 g/mol. The number of nitrogens with two attached hydrogens (primary N) is 1. The van der Waals surface area contributed by atoms with Gasteiger partial charge in [-0.2, -0.15) is 0 Å². The van der Waals surface area contributed by atoms with Gasteiger partial charge in [0.1, 0.15) is 5.60 Å². The van der Waals surface area contributed by atoms with Crippen LogP contribution in [-0.2, 0) is 22.5 Å². The quantitative estimate of drug-likeness (QED) is 0.761. The van der Waals surface area contributed by atoms with E-state index in [1.807, 2.05) is 33.0 Å². The summed E-state index contributed by atoms with van der Waals surface area (Å²) in [6, 6.07) is 1.81. The third-order valence-corrected chi connectivity index (χ3v) is 4.81. The van der Waals surface area contributed by atoms with Crippen molar-refractivity contribution in [3.05, 3.63) is 23.5 Å². The maximum Gasteiger partial charge on any atom is 0.340 e. The molecular formula is C20H32N2O3. The number of primary amides is 1. The van der Waals surface area contributed by atoms with E-state index in [2.05, 4.69) is 4.57 Å². The molecule has 140 valence electrons. The molecule has 0 aliphatic heterocycles. The maximum atomic E-state index is 12.5. The van der Waals surface area contributed by atoms with Gasteiger partial charge < -0.3 is 15.0 Å². The third kappa shape index (κ3) is 6.22. The highest BCUT2D eigenvalue weighted by Crippen LogP contribution is 2.27. The number of nitrogens with zero attached hydrogens (tertiary/aromatic N) is 1. The highest BCUT2D eigenvalue weighted by atomic mass is 16.6. The lowest BCUT2D eigenvalue weighted by Crippen LogP contribution is -2.25. The van der Waals surface area contributed by atoms with Crippen LogP contribution in [-0.4, -0.2) is 22.0 Å². The van der Waals surface area contributed by atoms with E-state index in [0.29, 0.717) is 12.0 Å². The largest absolute Gasteiger partial charge is 0.456 e. The second-order valence-electron chi connectivity index (χ2n) is 8.13. The first-order valence-corrected chi connectivity index (χ1v) is 9.46. The number of carbonyl (C=O) groups is 2. The fourth-order valence-corrected chi connectivity index (χ4v) is 3.55. The first-order valence-electron chi connectivity index (χ1n) is 9.46. The molecule has 0 atom stereocenters. The van der Waals surface area contributed by atoms with Crippen LogP contribution >= 0.6 is 0 Å². The van der Waals surface area contributed by atoms with Crippen LogP contribution in [0.15, 0.2) is 12.3 Å². The lowest BCUT2D eigenvalue weighted by molar-refractivity contribution is -0.118. The van der Waals surface area contributed by atoms with Crippen molar-refractivity contribution in [2.24, 2.45) is 11.7 Å². The summed E-state index contributed by atoms with van der Waals surface area (Å²) in [4.78, 5) is 23.7. The molecule has 0 bridgehead atoms. The molecule has 25 heavy (non-hydrogen) atoms. The Morgan fingerprint density at radius 3 is 2.52 bits per heavy atom. The summed E-state index contributed by atoms with van der Waals surface area (Å²) >= 11 is 0. The fourth-order valence-electron chi connectivity index (χ4n) is 3.55. The number of esters is 1. The van der Waals surface area contributed by atoms with Gasteiger partial charge in [0.25, 0.3) is 0 Å². The number of hydrogen-bond donors (Lipinski definition) is 1. The Balaban J connectivity index is 2.11. The predicted molar refractivity (Wildman–Crippen MR) is 98.3 cm³/mol. The molecule has 1 aromatic heterocycles. The molecule has 1 aromatic rings. The van der Waals surface area contributed by atoms with E-state index >= 15 is 0 Å². The Labute approximate surface area is 150 Å². The van der Waals surface area contributed by atoms with Gasteiger partial charge in [0.15, 0.2) is 0 Å². The SMILES string of the molecule is CC(C)(C)OC(=O)c1ccn(CCC2CCCCC2)c1CCC(N)=O. The zero-order valence-corrected chi connectivity index (χ0v) is 15.8. The number of amides is 1. The van der Waals surface area contributed by atoms with Gasteiger partial charge in [0.2, 0.25) is 5.91 Å². The van der Waals surface area contributed by atoms with Gasteiger partial charge in [-0.15, -0.1) is 0 Å². The smallest absolute Gasteiger partial charge is 0.340 e. The average Bonchev–Trinajstić information content (AvgIpc) is 2.93. The van der Waals surface area contributed by atoms with Crippen molar-refractivity contribution >= 4 is 11.9 Å². The summed E-state index contributed by atoms with van der Waals surface area (Å²) in [6.45, 7) is 6.44. The number of hydrogen-bond acceptors (Lipinski definition) is 3. The zero-order valence-electron chi connectivity index (χ0n) is 15.8. The Bertz CT molecular complexity index is 593. The first kappa shape index (κ1) is 19.5. The molecule has 1 aliphatic carbocycles. The highest BCUT2D eigenvalue weighted by molar-refractivity contribution is 5.91. The topological polar surface area (TPSA) is 74.3 Å². The molecule has 0 aromatic carbocycles. The van der Waals surface area contributed by atoms with Crippen LogP contribution < -0.4 is 5.73 Å². The van der Waals surface area contributed by atoms with Gasteiger partial charge in [-0.25, -0.2) is 4.79 Å². The normalized spacial score (nSPS) is 16.0. The summed E-state index contributed by atoms with van der Waals surface area (Å²) in [7, 11) is 0. The molecule has 1 aliphatic rings. The van der Waals surface area contributed by atoms with Gasteiger partial charge in [-0.1, -0.05) is 32.1 Å². The van der Waals surface area contributed by atoms with Crippen LogP contribution in [0.25, 0.3) is 0 Å². The van der Waals surface area contributed by atoms with Crippen LogP contribution in [0.1, 0.15) is 81.8 Å². The van der Waals surface area contributed by atoms with Crippen molar-refractivity contribution in [2.75, 3.05) is 0 Å². The van der Waals surface area contributed by atoms with E-state index in [0.717, 1.165) is 24.6 Å². The van der Waals surface area contributed by atoms with E-state index in [9.17, 15) is 9.59 Å². The third-order valence-electron chi connectivity index (χ3n) is 4.81. The van der Waals surface area contributed by atoms with Crippen molar-refractivity contribution in [3.63, 3.8) is 0 Å². The zero-order chi connectivity index (χ0) is 18.4. The van der Waals surface area contributed by atoms with E-state index in [1.165, 1.54) is 32.1 Å². The van der Waals surface area contributed by atoms with Gasteiger partial charge in [-0.3, -0.25) is 4.79 Å². The summed E-state index contributed by atoms with van der Waals surface area (Å²) in [6.07, 6.45) is 10.4. The van der Waals surface area contributed by atoms with E-state index in [-0.39, 0.29) is 18.3 Å². The van der Waals surface area contributed by atoms with Gasteiger partial charge in [-0.05, 0) is 45.6 Å². The van der Waals surface area contributed by atoms with E-state index in [4.69, 9.17) is 10.5 Å². The van der Waals surface area contributed by atoms with Crippen LogP contribution in [0.2, 0.25) is 0 Å². The molecule has 1 heterocycles. The standard InChI is InChI=1S/C20H32N2O3/c1-20(2,3)25-19(24)16-12-14-22(17(16)9-10-18(21)23)13-11-15-7-5-4-6-8-15/h12,14-15H,4-11,13H2,1-3H3,(H2,21,23). The second-order valence-corrected chi connectivity index (χ2v) is 8.13. The molecule has 0 radical (unpaired) electrons. The second kappa shape index (κ2) is 8.54. The van der Waals surface area contributed by atoms with Crippen molar-refractivity contribution in [3.8, 4) is 0 Å². The predicted octanol–water partition coefficient (Wildman–Crippen LogP) is 3.83. The highest BCUT2D eigenvalue weighted by Gasteiger charge is 2.23. The van der Waals surface area contributed by atoms with E-state index in [1.54, 1.807) is 0 Å². The molecule has 2 N–H and O–H groups in total. The van der Waals surface area contributed by atoms with Crippen molar-refractivity contribution in [1.82, 2.24) is 4.57 Å².